The second-order valence-electron chi connectivity index (χ2n) is 7.11. The van der Waals surface area contributed by atoms with Crippen molar-refractivity contribution in [3.8, 4) is 0 Å². The van der Waals surface area contributed by atoms with E-state index in [0.29, 0.717) is 12.2 Å². The summed E-state index contributed by atoms with van der Waals surface area (Å²) in [5.41, 5.74) is 0.486. The lowest BCUT2D eigenvalue weighted by Gasteiger charge is -2.23. The van der Waals surface area contributed by atoms with Crippen molar-refractivity contribution >= 4 is 5.97 Å². The monoisotopic (exact) mass is 377 g/mol. The molecule has 0 bridgehead atoms. The van der Waals surface area contributed by atoms with Crippen LogP contribution in [0.4, 0.5) is 0 Å². The second kappa shape index (κ2) is 14.3. The Hall–Kier alpha value is -0.350. The van der Waals surface area contributed by atoms with Gasteiger partial charge in [-0.1, -0.05) is 45.1 Å². The van der Waals surface area contributed by atoms with Crippen LogP contribution in [0.1, 0.15) is 64.7 Å². The Kier molecular flexibility index (Phi) is 15.5. The average molecular weight is 378 g/mol. The van der Waals surface area contributed by atoms with Crippen LogP contribution in [0.2, 0.25) is 0 Å². The molecule has 0 radical (unpaired) electrons. The second-order valence-corrected chi connectivity index (χ2v) is 7.11. The molecule has 0 aliphatic carbocycles. The normalized spacial score (nSPS) is 10.9. The number of nitrogens with zero attached hydrogens (tertiary/aromatic N) is 1. The minimum Gasteiger partial charge on any atom is -1.00 e. The summed E-state index contributed by atoms with van der Waals surface area (Å²) in [5.74, 6) is -0.260. The highest BCUT2D eigenvalue weighted by atomic mass is 79.9. The fraction of sp³-hybridized carbons (Fsp3) is 0.833. The number of unbranched alkanes of at least 4 members (excludes halogenated alkanes) is 8. The van der Waals surface area contributed by atoms with Crippen molar-refractivity contribution in [3.63, 3.8) is 0 Å². The summed E-state index contributed by atoms with van der Waals surface area (Å²) < 4.78 is 6.14. The zero-order valence-electron chi connectivity index (χ0n) is 15.1. The van der Waals surface area contributed by atoms with E-state index in [1.165, 1.54) is 51.5 Å². The van der Waals surface area contributed by atoms with Gasteiger partial charge in [0.25, 0.3) is 0 Å². The Morgan fingerprint density at radius 1 is 0.864 bits per heavy atom. The lowest BCUT2D eigenvalue weighted by atomic mass is 10.1. The number of rotatable bonds is 13. The number of halogens is 1. The fourth-order valence-electron chi connectivity index (χ4n) is 2.21. The quantitative estimate of drug-likeness (QED) is 0.209. The van der Waals surface area contributed by atoms with Gasteiger partial charge < -0.3 is 26.2 Å². The largest absolute Gasteiger partial charge is 1.00 e. The molecule has 0 N–H and O–H groups in total. The molecular weight excluding hydrogens is 342 g/mol. The first-order valence-corrected chi connectivity index (χ1v) is 8.46. The summed E-state index contributed by atoms with van der Waals surface area (Å²) in [4.78, 5) is 11.1. The van der Waals surface area contributed by atoms with Crippen LogP contribution < -0.4 is 17.0 Å². The van der Waals surface area contributed by atoms with Gasteiger partial charge >= 0.3 is 5.97 Å². The van der Waals surface area contributed by atoms with Crippen LogP contribution in [0.5, 0.6) is 0 Å². The molecule has 0 aromatic carbocycles. The molecule has 22 heavy (non-hydrogen) atoms. The molecule has 0 unspecified atom stereocenters. The third kappa shape index (κ3) is 17.7. The third-order valence-corrected chi connectivity index (χ3v) is 3.55. The number of carbonyl (C=O) groups is 1. The third-order valence-electron chi connectivity index (χ3n) is 3.55. The number of quaternary nitrogens is 1. The number of hydrogen-bond donors (Lipinski definition) is 0. The standard InChI is InChI=1S/C18H36NO2.BrH/c1-17(2)18(20)21-16-14-12-10-8-6-7-9-11-13-15-19(3,4)5;/h1,6-16H2,2-5H3;1H/q+1;/p-1. The Morgan fingerprint density at radius 2 is 1.27 bits per heavy atom. The van der Waals surface area contributed by atoms with E-state index in [9.17, 15) is 4.79 Å². The molecule has 0 aliphatic heterocycles. The highest BCUT2D eigenvalue weighted by Crippen LogP contribution is 2.10. The first kappa shape index (κ1) is 23.9. The van der Waals surface area contributed by atoms with E-state index in [0.717, 1.165) is 17.3 Å². The molecule has 0 aromatic heterocycles. The molecule has 0 aliphatic rings. The molecule has 3 nitrogen and oxygen atoms in total. The molecule has 0 aromatic rings. The van der Waals surface area contributed by atoms with Gasteiger partial charge in [-0.2, -0.15) is 0 Å². The number of esters is 1. The van der Waals surface area contributed by atoms with Crippen molar-refractivity contribution < 1.29 is 31.0 Å². The molecule has 0 atom stereocenters. The lowest BCUT2D eigenvalue weighted by molar-refractivity contribution is -0.870. The molecule has 0 heterocycles. The summed E-state index contributed by atoms with van der Waals surface area (Å²) in [7, 11) is 6.77. The maximum absolute atomic E-state index is 11.1. The van der Waals surface area contributed by atoms with E-state index in [-0.39, 0.29) is 23.0 Å². The Bertz CT molecular complexity index is 298. The van der Waals surface area contributed by atoms with Crippen molar-refractivity contribution in [2.75, 3.05) is 34.3 Å². The minimum absolute atomic E-state index is 0. The van der Waals surface area contributed by atoms with E-state index in [1.54, 1.807) is 6.92 Å². The van der Waals surface area contributed by atoms with Gasteiger partial charge in [0.2, 0.25) is 0 Å². The van der Waals surface area contributed by atoms with Crippen LogP contribution in [0.15, 0.2) is 12.2 Å². The van der Waals surface area contributed by atoms with Crippen molar-refractivity contribution in [2.24, 2.45) is 0 Å². The predicted octanol–water partition coefficient (Wildman–Crippen LogP) is 1.33. The SMILES string of the molecule is C=C(C)C(=O)OCCCCCCCCCCC[N+](C)(C)C.[Br-]. The minimum atomic E-state index is -0.260. The van der Waals surface area contributed by atoms with Crippen molar-refractivity contribution in [1.29, 1.82) is 0 Å². The summed E-state index contributed by atoms with van der Waals surface area (Å²) >= 11 is 0. The Labute approximate surface area is 148 Å². The van der Waals surface area contributed by atoms with E-state index in [1.807, 2.05) is 0 Å². The molecule has 0 saturated heterocycles. The van der Waals surface area contributed by atoms with Crippen LogP contribution in [0.3, 0.4) is 0 Å². The molecule has 0 fully saturated rings. The van der Waals surface area contributed by atoms with Gasteiger partial charge in [-0.05, 0) is 26.2 Å². The summed E-state index contributed by atoms with van der Waals surface area (Å²) in [5, 5.41) is 0. The van der Waals surface area contributed by atoms with Crippen LogP contribution >= 0.6 is 0 Å². The summed E-state index contributed by atoms with van der Waals surface area (Å²) in [6.07, 6.45) is 11.5. The van der Waals surface area contributed by atoms with Crippen molar-refractivity contribution in [3.05, 3.63) is 12.2 Å². The van der Waals surface area contributed by atoms with E-state index in [4.69, 9.17) is 4.74 Å². The number of carbonyl (C=O) groups excluding carboxylic acids is 1. The molecule has 0 amide bonds. The molecule has 0 spiro atoms. The maximum Gasteiger partial charge on any atom is 0.333 e. The summed E-state index contributed by atoms with van der Waals surface area (Å²) in [6.45, 7) is 7.07. The maximum atomic E-state index is 11.1. The lowest BCUT2D eigenvalue weighted by Crippen LogP contribution is -3.00. The fourth-order valence-corrected chi connectivity index (χ4v) is 2.21. The van der Waals surface area contributed by atoms with Gasteiger partial charge in [-0.15, -0.1) is 0 Å². The average Bonchev–Trinajstić information content (AvgIpc) is 2.38. The number of ether oxygens (including phenoxy) is 1. The smallest absolute Gasteiger partial charge is 0.333 e. The number of hydrogen-bond acceptors (Lipinski definition) is 2. The van der Waals surface area contributed by atoms with Crippen LogP contribution in [-0.4, -0.2) is 44.7 Å². The van der Waals surface area contributed by atoms with Crippen LogP contribution in [0.25, 0.3) is 0 Å². The highest BCUT2D eigenvalue weighted by Gasteiger charge is 2.05. The van der Waals surface area contributed by atoms with Gasteiger partial charge in [0.05, 0.1) is 34.3 Å². The topological polar surface area (TPSA) is 26.3 Å². The van der Waals surface area contributed by atoms with E-state index < -0.39 is 0 Å². The van der Waals surface area contributed by atoms with Gasteiger partial charge in [-0.25, -0.2) is 4.79 Å². The van der Waals surface area contributed by atoms with E-state index >= 15 is 0 Å². The van der Waals surface area contributed by atoms with Gasteiger partial charge in [0.15, 0.2) is 0 Å². The zero-order valence-corrected chi connectivity index (χ0v) is 16.7. The Balaban J connectivity index is 0. The van der Waals surface area contributed by atoms with E-state index in [2.05, 4.69) is 27.7 Å². The molecular formula is C18H36BrNO2. The van der Waals surface area contributed by atoms with Crippen molar-refractivity contribution in [2.45, 2.75) is 64.7 Å². The van der Waals surface area contributed by atoms with Crippen LogP contribution in [0, 0.1) is 0 Å². The molecule has 4 heteroatoms. The summed E-state index contributed by atoms with van der Waals surface area (Å²) in [6, 6.07) is 0. The first-order valence-electron chi connectivity index (χ1n) is 8.46. The Morgan fingerprint density at radius 3 is 1.68 bits per heavy atom. The highest BCUT2D eigenvalue weighted by molar-refractivity contribution is 5.86. The van der Waals surface area contributed by atoms with Crippen molar-refractivity contribution in [1.82, 2.24) is 0 Å². The molecule has 132 valence electrons. The molecule has 0 rings (SSSR count). The van der Waals surface area contributed by atoms with Gasteiger partial charge in [-0.3, -0.25) is 0 Å². The zero-order chi connectivity index (χ0) is 16.1. The van der Waals surface area contributed by atoms with Gasteiger partial charge in [0.1, 0.15) is 0 Å². The van der Waals surface area contributed by atoms with Gasteiger partial charge in [0, 0.05) is 5.57 Å². The first-order chi connectivity index (χ1) is 9.83. The molecule has 0 saturated carbocycles. The van der Waals surface area contributed by atoms with Crippen LogP contribution in [-0.2, 0) is 9.53 Å². The predicted molar refractivity (Wildman–Crippen MR) is 90.2 cm³/mol.